The van der Waals surface area contributed by atoms with Gasteiger partial charge in [0.2, 0.25) is 5.89 Å². The van der Waals surface area contributed by atoms with Gasteiger partial charge in [-0.05, 0) is 37.1 Å². The van der Waals surface area contributed by atoms with Crippen LogP contribution in [0.25, 0.3) is 5.69 Å². The molecule has 0 aliphatic heterocycles. The molecule has 108 valence electrons. The summed E-state index contributed by atoms with van der Waals surface area (Å²) in [7, 11) is 0. The Morgan fingerprint density at radius 1 is 1.10 bits per heavy atom. The molecule has 0 radical (unpaired) electrons. The van der Waals surface area contributed by atoms with Crippen molar-refractivity contribution in [3.8, 4) is 5.69 Å². The first-order valence-corrected chi connectivity index (χ1v) is 6.64. The molecule has 0 aliphatic carbocycles. The Bertz CT molecular complexity index is 740. The zero-order valence-electron chi connectivity index (χ0n) is 12.2. The Labute approximate surface area is 122 Å². The molecule has 3 aromatic rings. The topological polar surface area (TPSA) is 81.7 Å². The molecule has 0 bridgehead atoms. The van der Waals surface area contributed by atoms with Crippen LogP contribution in [0.1, 0.15) is 22.7 Å². The second-order valence-electron chi connectivity index (χ2n) is 4.95. The predicted octanol–water partition coefficient (Wildman–Crippen LogP) is 2.19. The van der Waals surface area contributed by atoms with Crippen molar-refractivity contribution in [2.45, 2.75) is 27.3 Å². The largest absolute Gasteiger partial charge is 0.408 e. The zero-order chi connectivity index (χ0) is 14.8. The summed E-state index contributed by atoms with van der Waals surface area (Å²) in [6, 6.07) is 6.60. The molecule has 0 saturated heterocycles. The monoisotopic (exact) mass is 284 g/mol. The number of hydrogen-bond donors (Lipinski definition) is 1. The van der Waals surface area contributed by atoms with E-state index in [1.165, 1.54) is 11.1 Å². The maximum absolute atomic E-state index is 5.24. The standard InChI is InChI=1S/C14H16N6O/c1-9-4-10(2)6-13(5-9)20-16-8-12(19-20)7-15-14-18-17-11(3)21-14/h4-6,8H,7H2,1-3H3,(H,15,18). The van der Waals surface area contributed by atoms with E-state index in [0.29, 0.717) is 18.5 Å². The SMILES string of the molecule is Cc1cc(C)cc(-n2ncc(CNc3nnc(C)o3)n2)c1. The summed E-state index contributed by atoms with van der Waals surface area (Å²) in [4.78, 5) is 1.62. The average molecular weight is 284 g/mol. The van der Waals surface area contributed by atoms with E-state index < -0.39 is 0 Å². The minimum absolute atomic E-state index is 0.383. The fraction of sp³-hybridized carbons (Fsp3) is 0.286. The lowest BCUT2D eigenvalue weighted by Gasteiger charge is -2.03. The number of benzene rings is 1. The smallest absolute Gasteiger partial charge is 0.315 e. The summed E-state index contributed by atoms with van der Waals surface area (Å²) in [5, 5.41) is 19.4. The Hall–Kier alpha value is -2.70. The highest BCUT2D eigenvalue weighted by Crippen LogP contribution is 2.12. The van der Waals surface area contributed by atoms with Gasteiger partial charge in [0.25, 0.3) is 0 Å². The van der Waals surface area contributed by atoms with Crippen molar-refractivity contribution in [1.82, 2.24) is 25.2 Å². The number of aromatic nitrogens is 5. The van der Waals surface area contributed by atoms with Gasteiger partial charge >= 0.3 is 6.01 Å². The van der Waals surface area contributed by atoms with E-state index in [4.69, 9.17) is 4.42 Å². The molecule has 0 unspecified atom stereocenters. The van der Waals surface area contributed by atoms with E-state index in [1.807, 2.05) is 12.1 Å². The molecular formula is C14H16N6O. The molecule has 1 aromatic carbocycles. The maximum atomic E-state index is 5.24. The molecule has 7 heteroatoms. The van der Waals surface area contributed by atoms with Crippen molar-refractivity contribution in [3.63, 3.8) is 0 Å². The van der Waals surface area contributed by atoms with Crippen molar-refractivity contribution < 1.29 is 4.42 Å². The second kappa shape index (κ2) is 5.35. The van der Waals surface area contributed by atoms with Gasteiger partial charge in [0, 0.05) is 6.92 Å². The molecule has 7 nitrogen and oxygen atoms in total. The number of rotatable bonds is 4. The minimum atomic E-state index is 0.383. The fourth-order valence-electron chi connectivity index (χ4n) is 2.10. The first-order chi connectivity index (χ1) is 10.1. The lowest BCUT2D eigenvalue weighted by Crippen LogP contribution is -2.03. The number of aryl methyl sites for hydroxylation is 3. The third-order valence-corrected chi connectivity index (χ3v) is 2.92. The van der Waals surface area contributed by atoms with Crippen LogP contribution in [0.5, 0.6) is 0 Å². The lowest BCUT2D eigenvalue weighted by atomic mass is 10.1. The second-order valence-corrected chi connectivity index (χ2v) is 4.95. The Balaban J connectivity index is 1.73. The van der Waals surface area contributed by atoms with Crippen LogP contribution < -0.4 is 5.32 Å². The molecule has 0 fully saturated rings. The van der Waals surface area contributed by atoms with E-state index >= 15 is 0 Å². The fourth-order valence-corrected chi connectivity index (χ4v) is 2.10. The first kappa shape index (κ1) is 13.3. The Morgan fingerprint density at radius 2 is 1.86 bits per heavy atom. The third-order valence-electron chi connectivity index (χ3n) is 2.92. The Morgan fingerprint density at radius 3 is 2.52 bits per heavy atom. The minimum Gasteiger partial charge on any atom is -0.408 e. The van der Waals surface area contributed by atoms with Gasteiger partial charge < -0.3 is 9.73 Å². The van der Waals surface area contributed by atoms with E-state index in [9.17, 15) is 0 Å². The molecule has 21 heavy (non-hydrogen) atoms. The van der Waals surface area contributed by atoms with Gasteiger partial charge in [-0.25, -0.2) is 0 Å². The third kappa shape index (κ3) is 3.07. The summed E-state index contributed by atoms with van der Waals surface area (Å²) in [5.74, 6) is 0.524. The van der Waals surface area contributed by atoms with Crippen LogP contribution >= 0.6 is 0 Å². The molecule has 3 rings (SSSR count). The molecule has 0 saturated carbocycles. The molecular weight excluding hydrogens is 268 g/mol. The summed E-state index contributed by atoms with van der Waals surface area (Å²) in [6.45, 7) is 6.34. The average Bonchev–Trinajstić information content (AvgIpc) is 3.04. The van der Waals surface area contributed by atoms with E-state index in [1.54, 1.807) is 17.9 Å². The van der Waals surface area contributed by atoms with E-state index in [2.05, 4.69) is 45.6 Å². The molecule has 0 spiro atoms. The van der Waals surface area contributed by atoms with Crippen molar-refractivity contribution in [2.75, 3.05) is 5.32 Å². The molecule has 1 N–H and O–H groups in total. The summed E-state index contributed by atoms with van der Waals surface area (Å²) >= 11 is 0. The number of hydrogen-bond acceptors (Lipinski definition) is 6. The van der Waals surface area contributed by atoms with Gasteiger partial charge in [-0.1, -0.05) is 11.2 Å². The number of anilines is 1. The van der Waals surface area contributed by atoms with Crippen molar-refractivity contribution in [2.24, 2.45) is 0 Å². The summed E-state index contributed by atoms with van der Waals surface area (Å²) < 4.78 is 5.24. The quantitative estimate of drug-likeness (QED) is 0.791. The highest BCUT2D eigenvalue weighted by Gasteiger charge is 2.06. The predicted molar refractivity (Wildman–Crippen MR) is 77.2 cm³/mol. The lowest BCUT2D eigenvalue weighted by molar-refractivity contribution is 0.530. The van der Waals surface area contributed by atoms with Gasteiger partial charge in [-0.15, -0.1) is 5.10 Å². The van der Waals surface area contributed by atoms with Crippen LogP contribution in [0.3, 0.4) is 0 Å². The summed E-state index contributed by atoms with van der Waals surface area (Å²) in [6.07, 6.45) is 1.72. The van der Waals surface area contributed by atoms with E-state index in [-0.39, 0.29) is 0 Å². The van der Waals surface area contributed by atoms with Gasteiger partial charge in [0.1, 0.15) is 5.69 Å². The molecule has 0 atom stereocenters. The number of nitrogens with one attached hydrogen (secondary N) is 1. The van der Waals surface area contributed by atoms with Gasteiger partial charge in [-0.2, -0.15) is 15.0 Å². The van der Waals surface area contributed by atoms with Crippen LogP contribution in [-0.4, -0.2) is 25.2 Å². The normalized spacial score (nSPS) is 10.8. The summed E-state index contributed by atoms with van der Waals surface area (Å²) in [5.41, 5.74) is 4.11. The highest BCUT2D eigenvalue weighted by atomic mass is 16.4. The van der Waals surface area contributed by atoms with Gasteiger partial charge in [0.05, 0.1) is 18.4 Å². The molecule has 2 aromatic heterocycles. The maximum Gasteiger partial charge on any atom is 0.315 e. The highest BCUT2D eigenvalue weighted by molar-refractivity contribution is 5.37. The van der Waals surface area contributed by atoms with Gasteiger partial charge in [0.15, 0.2) is 0 Å². The van der Waals surface area contributed by atoms with Crippen molar-refractivity contribution >= 4 is 6.01 Å². The molecule has 0 amide bonds. The number of nitrogens with zero attached hydrogens (tertiary/aromatic N) is 5. The van der Waals surface area contributed by atoms with E-state index in [0.717, 1.165) is 11.4 Å². The molecule has 0 aliphatic rings. The van der Waals surface area contributed by atoms with Crippen LogP contribution in [-0.2, 0) is 6.54 Å². The Kier molecular flexibility index (Phi) is 3.39. The zero-order valence-corrected chi connectivity index (χ0v) is 12.2. The van der Waals surface area contributed by atoms with Gasteiger partial charge in [-0.3, -0.25) is 0 Å². The van der Waals surface area contributed by atoms with Crippen LogP contribution in [0.2, 0.25) is 0 Å². The van der Waals surface area contributed by atoms with Crippen LogP contribution in [0.15, 0.2) is 28.8 Å². The first-order valence-electron chi connectivity index (χ1n) is 6.64. The van der Waals surface area contributed by atoms with Crippen molar-refractivity contribution in [1.29, 1.82) is 0 Å². The van der Waals surface area contributed by atoms with Crippen LogP contribution in [0, 0.1) is 20.8 Å². The van der Waals surface area contributed by atoms with Crippen molar-refractivity contribution in [3.05, 3.63) is 47.1 Å². The molecule has 2 heterocycles. The van der Waals surface area contributed by atoms with Crippen LogP contribution in [0.4, 0.5) is 6.01 Å².